The third kappa shape index (κ3) is 3.74. The Hall–Kier alpha value is -2.65. The number of carbonyl (C=O) groups is 1. The summed E-state index contributed by atoms with van der Waals surface area (Å²) >= 11 is 0. The number of benzene rings is 3. The van der Waals surface area contributed by atoms with Gasteiger partial charge in [0.25, 0.3) is 0 Å². The van der Waals surface area contributed by atoms with Gasteiger partial charge in [-0.1, -0.05) is 66.2 Å². The van der Waals surface area contributed by atoms with Crippen LogP contribution in [0.4, 0.5) is 0 Å². The van der Waals surface area contributed by atoms with Gasteiger partial charge in [-0.3, -0.25) is 9.69 Å². The van der Waals surface area contributed by atoms with Gasteiger partial charge < -0.3 is 5.11 Å². The normalized spacial score (nSPS) is 17.1. The van der Waals surface area contributed by atoms with E-state index in [0.717, 1.165) is 13.1 Å². The van der Waals surface area contributed by atoms with Gasteiger partial charge in [0.05, 0.1) is 12.0 Å². The molecule has 1 aliphatic heterocycles. The molecule has 0 amide bonds. The van der Waals surface area contributed by atoms with Crippen LogP contribution in [0.5, 0.6) is 0 Å². The SMILES string of the molecule is Cc1ccc(C(c2ccc3ccccc3c2)N2CCC(C(=O)O)CC2)cc1. The van der Waals surface area contributed by atoms with Crippen molar-refractivity contribution in [1.29, 1.82) is 0 Å². The number of hydrogen-bond acceptors (Lipinski definition) is 2. The first-order valence-electron chi connectivity index (χ1n) is 9.64. The molecule has 3 aromatic rings. The van der Waals surface area contributed by atoms with Crippen molar-refractivity contribution in [2.45, 2.75) is 25.8 Å². The minimum absolute atomic E-state index is 0.157. The van der Waals surface area contributed by atoms with Crippen LogP contribution in [-0.2, 0) is 4.79 Å². The molecule has 0 aliphatic carbocycles. The Morgan fingerprint density at radius 3 is 2.22 bits per heavy atom. The summed E-state index contributed by atoms with van der Waals surface area (Å²) in [5, 5.41) is 11.8. The van der Waals surface area contributed by atoms with E-state index < -0.39 is 5.97 Å². The molecule has 0 radical (unpaired) electrons. The summed E-state index contributed by atoms with van der Waals surface area (Å²) in [5.74, 6) is -0.872. The highest BCUT2D eigenvalue weighted by Crippen LogP contribution is 2.34. The van der Waals surface area contributed by atoms with E-state index in [0.29, 0.717) is 12.8 Å². The molecule has 3 nitrogen and oxygen atoms in total. The van der Waals surface area contributed by atoms with Crippen molar-refractivity contribution in [3.8, 4) is 0 Å². The summed E-state index contributed by atoms with van der Waals surface area (Å²) in [6, 6.07) is 24.0. The van der Waals surface area contributed by atoms with Crippen LogP contribution < -0.4 is 0 Å². The van der Waals surface area contributed by atoms with Crippen LogP contribution in [0.1, 0.15) is 35.6 Å². The van der Waals surface area contributed by atoms with E-state index in [1.165, 1.54) is 27.5 Å². The van der Waals surface area contributed by atoms with Crippen LogP contribution in [0.3, 0.4) is 0 Å². The Balaban J connectivity index is 1.71. The van der Waals surface area contributed by atoms with E-state index in [1.807, 2.05) is 0 Å². The molecular formula is C24H25NO2. The zero-order valence-corrected chi connectivity index (χ0v) is 15.6. The van der Waals surface area contributed by atoms with E-state index >= 15 is 0 Å². The number of fused-ring (bicyclic) bond motifs is 1. The highest BCUT2D eigenvalue weighted by atomic mass is 16.4. The molecule has 4 rings (SSSR count). The molecule has 1 heterocycles. The van der Waals surface area contributed by atoms with E-state index in [9.17, 15) is 9.90 Å². The maximum absolute atomic E-state index is 11.3. The Morgan fingerprint density at radius 2 is 1.56 bits per heavy atom. The smallest absolute Gasteiger partial charge is 0.306 e. The first-order chi connectivity index (χ1) is 13.1. The maximum Gasteiger partial charge on any atom is 0.306 e. The van der Waals surface area contributed by atoms with E-state index in [-0.39, 0.29) is 12.0 Å². The first kappa shape index (κ1) is 17.7. The van der Waals surface area contributed by atoms with Gasteiger partial charge in [0.2, 0.25) is 0 Å². The lowest BCUT2D eigenvalue weighted by atomic mass is 9.90. The minimum atomic E-state index is -0.660. The van der Waals surface area contributed by atoms with Crippen molar-refractivity contribution in [2.24, 2.45) is 5.92 Å². The second kappa shape index (κ2) is 7.53. The van der Waals surface area contributed by atoms with Crippen molar-refractivity contribution in [1.82, 2.24) is 4.90 Å². The van der Waals surface area contributed by atoms with E-state index in [1.54, 1.807) is 0 Å². The predicted octanol–water partition coefficient (Wildman–Crippen LogP) is 5.03. The third-order valence-corrected chi connectivity index (χ3v) is 5.73. The molecule has 1 fully saturated rings. The molecule has 0 bridgehead atoms. The number of aliphatic carboxylic acids is 1. The second-order valence-corrected chi connectivity index (χ2v) is 7.57. The average Bonchev–Trinajstić information content (AvgIpc) is 2.70. The number of carboxylic acid groups (broad SMARTS) is 1. The Kier molecular flexibility index (Phi) is 4.95. The van der Waals surface area contributed by atoms with Crippen LogP contribution in [0.25, 0.3) is 10.8 Å². The molecule has 1 saturated heterocycles. The fourth-order valence-electron chi connectivity index (χ4n) is 4.15. The number of rotatable bonds is 4. The van der Waals surface area contributed by atoms with Gasteiger partial charge in [-0.05, 0) is 60.8 Å². The summed E-state index contributed by atoms with van der Waals surface area (Å²) < 4.78 is 0. The summed E-state index contributed by atoms with van der Waals surface area (Å²) in [7, 11) is 0. The van der Waals surface area contributed by atoms with Gasteiger partial charge in [0, 0.05) is 0 Å². The standard InChI is InChI=1S/C24H25NO2/c1-17-6-8-19(9-7-17)23(25-14-12-20(13-15-25)24(26)27)22-11-10-18-4-2-3-5-21(18)16-22/h2-11,16,20,23H,12-15H2,1H3,(H,26,27). The summed E-state index contributed by atoms with van der Waals surface area (Å²) in [6.45, 7) is 3.72. The molecular weight excluding hydrogens is 334 g/mol. The molecule has 0 saturated carbocycles. The van der Waals surface area contributed by atoms with Crippen molar-refractivity contribution in [3.63, 3.8) is 0 Å². The van der Waals surface area contributed by atoms with Crippen LogP contribution in [0.15, 0.2) is 66.7 Å². The molecule has 1 N–H and O–H groups in total. The number of aryl methyl sites for hydroxylation is 1. The first-order valence-corrected chi connectivity index (χ1v) is 9.64. The van der Waals surface area contributed by atoms with Crippen molar-refractivity contribution < 1.29 is 9.90 Å². The zero-order chi connectivity index (χ0) is 18.8. The van der Waals surface area contributed by atoms with Crippen LogP contribution in [0, 0.1) is 12.8 Å². The Labute approximate surface area is 160 Å². The highest BCUT2D eigenvalue weighted by molar-refractivity contribution is 5.83. The summed E-state index contributed by atoms with van der Waals surface area (Å²) in [4.78, 5) is 13.8. The highest BCUT2D eigenvalue weighted by Gasteiger charge is 2.30. The minimum Gasteiger partial charge on any atom is -0.481 e. The number of hydrogen-bond donors (Lipinski definition) is 1. The Morgan fingerprint density at radius 1 is 0.926 bits per heavy atom. The molecule has 1 aliphatic rings. The molecule has 27 heavy (non-hydrogen) atoms. The molecule has 3 heteroatoms. The van der Waals surface area contributed by atoms with Gasteiger partial charge in [-0.25, -0.2) is 0 Å². The molecule has 0 aromatic heterocycles. The van der Waals surface area contributed by atoms with Crippen molar-refractivity contribution >= 4 is 16.7 Å². The van der Waals surface area contributed by atoms with Gasteiger partial charge in [0.1, 0.15) is 0 Å². The molecule has 138 valence electrons. The Bertz CT molecular complexity index is 940. The maximum atomic E-state index is 11.3. The number of piperidine rings is 1. The van der Waals surface area contributed by atoms with Crippen LogP contribution >= 0.6 is 0 Å². The largest absolute Gasteiger partial charge is 0.481 e. The quantitative estimate of drug-likeness (QED) is 0.710. The molecule has 1 unspecified atom stereocenters. The lowest BCUT2D eigenvalue weighted by Crippen LogP contribution is -2.39. The average molecular weight is 359 g/mol. The predicted molar refractivity (Wildman–Crippen MR) is 109 cm³/mol. The van der Waals surface area contributed by atoms with Crippen molar-refractivity contribution in [2.75, 3.05) is 13.1 Å². The van der Waals surface area contributed by atoms with Crippen LogP contribution in [-0.4, -0.2) is 29.1 Å². The summed E-state index contributed by atoms with van der Waals surface area (Å²) in [5.41, 5.74) is 3.79. The number of nitrogens with zero attached hydrogens (tertiary/aromatic N) is 1. The fourth-order valence-corrected chi connectivity index (χ4v) is 4.15. The zero-order valence-electron chi connectivity index (χ0n) is 15.6. The monoisotopic (exact) mass is 359 g/mol. The van der Waals surface area contributed by atoms with Gasteiger partial charge in [-0.15, -0.1) is 0 Å². The van der Waals surface area contributed by atoms with Gasteiger partial charge >= 0.3 is 5.97 Å². The topological polar surface area (TPSA) is 40.5 Å². The van der Waals surface area contributed by atoms with Crippen molar-refractivity contribution in [3.05, 3.63) is 83.4 Å². The second-order valence-electron chi connectivity index (χ2n) is 7.57. The molecule has 1 atom stereocenters. The van der Waals surface area contributed by atoms with Gasteiger partial charge in [0.15, 0.2) is 0 Å². The molecule has 0 spiro atoms. The van der Waals surface area contributed by atoms with E-state index in [2.05, 4.69) is 78.6 Å². The van der Waals surface area contributed by atoms with Crippen LogP contribution in [0.2, 0.25) is 0 Å². The lowest BCUT2D eigenvalue weighted by molar-refractivity contribution is -0.143. The summed E-state index contributed by atoms with van der Waals surface area (Å²) in [6.07, 6.45) is 1.43. The third-order valence-electron chi connectivity index (χ3n) is 5.73. The number of likely N-dealkylation sites (tertiary alicyclic amines) is 1. The number of carboxylic acids is 1. The van der Waals surface area contributed by atoms with E-state index in [4.69, 9.17) is 0 Å². The van der Waals surface area contributed by atoms with Gasteiger partial charge in [-0.2, -0.15) is 0 Å². The lowest BCUT2D eigenvalue weighted by Gasteiger charge is -2.37. The fraction of sp³-hybridized carbons (Fsp3) is 0.292. The molecule has 3 aromatic carbocycles.